The first kappa shape index (κ1) is 20.4. The van der Waals surface area contributed by atoms with Gasteiger partial charge in [-0.25, -0.2) is 9.97 Å². The number of rotatable bonds is 6. The number of benzene rings is 2. The number of nitrogens with zero attached hydrogens (tertiary/aromatic N) is 3. The van der Waals surface area contributed by atoms with E-state index in [1.54, 1.807) is 24.6 Å². The first-order chi connectivity index (χ1) is 15.7. The summed E-state index contributed by atoms with van der Waals surface area (Å²) in [6.45, 7) is 0.514. The zero-order valence-corrected chi connectivity index (χ0v) is 18.6. The molecule has 6 heteroatoms. The molecule has 0 saturated heterocycles. The van der Waals surface area contributed by atoms with Crippen LogP contribution in [0.4, 0.5) is 0 Å². The van der Waals surface area contributed by atoms with Gasteiger partial charge in [0.25, 0.3) is 5.91 Å². The number of ether oxygens (including phenoxy) is 1. The third kappa shape index (κ3) is 4.14. The molecule has 1 atom stereocenters. The number of amides is 1. The molecule has 0 fully saturated rings. The lowest BCUT2D eigenvalue weighted by Crippen LogP contribution is -2.46. The molecule has 2 aromatic heterocycles. The normalized spacial score (nSPS) is 15.5. The zero-order chi connectivity index (χ0) is 21.9. The second-order valence-corrected chi connectivity index (χ2v) is 8.81. The number of hydrogen-bond acceptors (Lipinski definition) is 5. The molecule has 0 spiro atoms. The Balaban J connectivity index is 1.50. The number of aromatic nitrogens is 2. The van der Waals surface area contributed by atoms with Crippen molar-refractivity contribution < 1.29 is 9.53 Å². The molecule has 32 heavy (non-hydrogen) atoms. The van der Waals surface area contributed by atoms with Crippen molar-refractivity contribution in [2.24, 2.45) is 0 Å². The van der Waals surface area contributed by atoms with Crippen LogP contribution in [0, 0.1) is 0 Å². The van der Waals surface area contributed by atoms with Gasteiger partial charge in [0.05, 0.1) is 23.2 Å². The molecule has 1 amide bonds. The second-order valence-electron chi connectivity index (χ2n) is 7.86. The molecule has 160 valence electrons. The van der Waals surface area contributed by atoms with Crippen molar-refractivity contribution in [2.45, 2.75) is 25.4 Å². The van der Waals surface area contributed by atoms with Crippen LogP contribution in [0.1, 0.15) is 27.2 Å². The molecule has 0 radical (unpaired) electrons. The van der Waals surface area contributed by atoms with Crippen LogP contribution in [-0.4, -0.2) is 33.9 Å². The third-order valence-corrected chi connectivity index (χ3v) is 6.64. The van der Waals surface area contributed by atoms with Crippen LogP contribution in [-0.2, 0) is 19.4 Å². The number of fused-ring (bicyclic) bond motifs is 1. The molecule has 0 aliphatic carbocycles. The van der Waals surface area contributed by atoms with Gasteiger partial charge in [-0.1, -0.05) is 48.5 Å². The van der Waals surface area contributed by atoms with E-state index in [1.807, 2.05) is 64.9 Å². The summed E-state index contributed by atoms with van der Waals surface area (Å²) >= 11 is 1.60. The SMILES string of the molecule is COc1cccc(CN2C(=O)c3cnc(-c4cccs4)nc3C[C@H]2Cc2ccccc2)c1. The van der Waals surface area contributed by atoms with E-state index in [0.29, 0.717) is 24.4 Å². The predicted molar refractivity (Wildman–Crippen MR) is 126 cm³/mol. The molecule has 2 aromatic carbocycles. The Kier molecular flexibility index (Phi) is 5.69. The molecule has 0 N–H and O–H groups in total. The van der Waals surface area contributed by atoms with E-state index in [0.717, 1.165) is 28.3 Å². The fourth-order valence-corrected chi connectivity index (χ4v) is 4.83. The van der Waals surface area contributed by atoms with Gasteiger partial charge in [0.2, 0.25) is 0 Å². The fraction of sp³-hybridized carbons (Fsp3) is 0.192. The molecular weight excluding hydrogens is 418 g/mol. The third-order valence-electron chi connectivity index (χ3n) is 5.77. The van der Waals surface area contributed by atoms with Gasteiger partial charge in [0, 0.05) is 25.2 Å². The van der Waals surface area contributed by atoms with Crippen LogP contribution in [0.3, 0.4) is 0 Å². The number of thiophene rings is 1. The Morgan fingerprint density at radius 1 is 1.06 bits per heavy atom. The smallest absolute Gasteiger partial charge is 0.257 e. The minimum Gasteiger partial charge on any atom is -0.497 e. The number of carbonyl (C=O) groups is 1. The molecule has 3 heterocycles. The first-order valence-electron chi connectivity index (χ1n) is 10.6. The average molecular weight is 442 g/mol. The summed E-state index contributed by atoms with van der Waals surface area (Å²) in [5, 5.41) is 2.01. The summed E-state index contributed by atoms with van der Waals surface area (Å²) < 4.78 is 5.38. The molecule has 1 aliphatic rings. The lowest BCUT2D eigenvalue weighted by molar-refractivity contribution is 0.0627. The molecular formula is C26H23N3O2S. The van der Waals surface area contributed by atoms with Gasteiger partial charge >= 0.3 is 0 Å². The van der Waals surface area contributed by atoms with Crippen LogP contribution in [0.25, 0.3) is 10.7 Å². The van der Waals surface area contributed by atoms with Gasteiger partial charge in [-0.15, -0.1) is 11.3 Å². The molecule has 4 aromatic rings. The van der Waals surface area contributed by atoms with Crippen molar-refractivity contribution in [3.63, 3.8) is 0 Å². The van der Waals surface area contributed by atoms with Gasteiger partial charge in [-0.2, -0.15) is 0 Å². The van der Waals surface area contributed by atoms with Gasteiger partial charge in [0.15, 0.2) is 5.82 Å². The van der Waals surface area contributed by atoms with E-state index < -0.39 is 0 Å². The van der Waals surface area contributed by atoms with Crippen molar-refractivity contribution >= 4 is 17.2 Å². The Bertz CT molecular complexity index is 1230. The van der Waals surface area contributed by atoms with E-state index in [-0.39, 0.29) is 11.9 Å². The number of carbonyl (C=O) groups excluding carboxylic acids is 1. The van der Waals surface area contributed by atoms with E-state index in [1.165, 1.54) is 5.56 Å². The zero-order valence-electron chi connectivity index (χ0n) is 17.8. The van der Waals surface area contributed by atoms with Gasteiger partial charge in [-0.05, 0) is 41.1 Å². The summed E-state index contributed by atoms with van der Waals surface area (Å²) in [4.78, 5) is 25.9. The monoisotopic (exact) mass is 441 g/mol. The fourth-order valence-electron chi connectivity index (χ4n) is 4.17. The quantitative estimate of drug-likeness (QED) is 0.421. The second kappa shape index (κ2) is 8.93. The molecule has 0 bridgehead atoms. The minimum absolute atomic E-state index is 0.00897. The maximum atomic E-state index is 13.6. The molecule has 5 nitrogen and oxygen atoms in total. The largest absolute Gasteiger partial charge is 0.497 e. The summed E-state index contributed by atoms with van der Waals surface area (Å²) in [5.74, 6) is 1.45. The molecule has 0 saturated carbocycles. The van der Waals surface area contributed by atoms with Gasteiger partial charge < -0.3 is 9.64 Å². The lowest BCUT2D eigenvalue weighted by Gasteiger charge is -2.36. The van der Waals surface area contributed by atoms with Gasteiger partial charge in [-0.3, -0.25) is 4.79 Å². The Labute approximate surface area is 191 Å². The van der Waals surface area contributed by atoms with Crippen molar-refractivity contribution in [1.82, 2.24) is 14.9 Å². The number of methoxy groups -OCH3 is 1. The van der Waals surface area contributed by atoms with Crippen molar-refractivity contribution in [3.8, 4) is 16.5 Å². The summed E-state index contributed by atoms with van der Waals surface area (Å²) in [5.41, 5.74) is 3.67. The highest BCUT2D eigenvalue weighted by atomic mass is 32.1. The van der Waals surface area contributed by atoms with Crippen LogP contribution >= 0.6 is 11.3 Å². The highest BCUT2D eigenvalue weighted by Gasteiger charge is 2.34. The van der Waals surface area contributed by atoms with Gasteiger partial charge in [0.1, 0.15) is 5.75 Å². The van der Waals surface area contributed by atoms with E-state index in [2.05, 4.69) is 17.1 Å². The summed E-state index contributed by atoms with van der Waals surface area (Å²) in [7, 11) is 1.65. The highest BCUT2D eigenvalue weighted by molar-refractivity contribution is 7.13. The van der Waals surface area contributed by atoms with E-state index in [9.17, 15) is 4.79 Å². The maximum Gasteiger partial charge on any atom is 0.257 e. The Morgan fingerprint density at radius 3 is 2.69 bits per heavy atom. The van der Waals surface area contributed by atoms with E-state index >= 15 is 0 Å². The van der Waals surface area contributed by atoms with Crippen LogP contribution < -0.4 is 4.74 Å². The maximum absolute atomic E-state index is 13.6. The Morgan fingerprint density at radius 2 is 1.91 bits per heavy atom. The van der Waals surface area contributed by atoms with Crippen LogP contribution in [0.15, 0.2) is 78.3 Å². The molecule has 1 aliphatic heterocycles. The predicted octanol–water partition coefficient (Wildman–Crippen LogP) is 5.02. The van der Waals surface area contributed by atoms with Crippen molar-refractivity contribution in [2.75, 3.05) is 7.11 Å². The first-order valence-corrected chi connectivity index (χ1v) is 11.5. The lowest BCUT2D eigenvalue weighted by atomic mass is 9.93. The average Bonchev–Trinajstić information content (AvgIpc) is 3.37. The number of hydrogen-bond donors (Lipinski definition) is 0. The molecule has 0 unspecified atom stereocenters. The topological polar surface area (TPSA) is 55.3 Å². The summed E-state index contributed by atoms with van der Waals surface area (Å²) in [6, 6.07) is 22.2. The summed E-state index contributed by atoms with van der Waals surface area (Å²) in [6.07, 6.45) is 3.16. The minimum atomic E-state index is -0.0206. The van der Waals surface area contributed by atoms with Crippen LogP contribution in [0.2, 0.25) is 0 Å². The van der Waals surface area contributed by atoms with Crippen molar-refractivity contribution in [3.05, 3.63) is 101 Å². The van der Waals surface area contributed by atoms with E-state index in [4.69, 9.17) is 9.72 Å². The van der Waals surface area contributed by atoms with Crippen LogP contribution in [0.5, 0.6) is 5.75 Å². The van der Waals surface area contributed by atoms with Crippen molar-refractivity contribution in [1.29, 1.82) is 0 Å². The highest BCUT2D eigenvalue weighted by Crippen LogP contribution is 2.29. The molecule has 5 rings (SSSR count). The standard InChI is InChI=1S/C26H23N3O2S/c1-31-21-10-5-9-19(14-21)17-29-20(13-18-7-3-2-4-8-18)15-23-22(26(29)30)16-27-25(28-23)24-11-6-12-32-24/h2-12,14,16,20H,13,15,17H2,1H3/t20-/m1/s1. The Hall–Kier alpha value is -3.51.